The summed E-state index contributed by atoms with van der Waals surface area (Å²) in [6.45, 7) is 8.79. The molecule has 3 heteroatoms. The number of aromatic nitrogens is 2. The first kappa shape index (κ1) is 10.6. The third-order valence-electron chi connectivity index (χ3n) is 3.06. The summed E-state index contributed by atoms with van der Waals surface area (Å²) in [5.41, 5.74) is 3.70. The molecular formula is C12H16N2S. The average Bonchev–Trinajstić information content (AvgIpc) is 2.60. The summed E-state index contributed by atoms with van der Waals surface area (Å²) in [5, 5.41) is 2.16. The molecule has 0 aliphatic rings. The van der Waals surface area contributed by atoms with E-state index in [4.69, 9.17) is 0 Å². The molecule has 0 aromatic carbocycles. The minimum Gasteiger partial charge on any atom is -0.239 e. The van der Waals surface area contributed by atoms with E-state index >= 15 is 0 Å². The maximum Gasteiger partial charge on any atom is 0.116 e. The van der Waals surface area contributed by atoms with Crippen molar-refractivity contribution in [2.24, 2.45) is 0 Å². The van der Waals surface area contributed by atoms with Crippen molar-refractivity contribution in [3.8, 4) is 0 Å². The van der Waals surface area contributed by atoms with E-state index in [9.17, 15) is 0 Å². The summed E-state index contributed by atoms with van der Waals surface area (Å²) in [7, 11) is 0. The van der Waals surface area contributed by atoms with E-state index in [-0.39, 0.29) is 5.41 Å². The van der Waals surface area contributed by atoms with Crippen molar-refractivity contribution in [1.29, 1.82) is 0 Å². The molecule has 0 atom stereocenters. The Bertz CT molecular complexity index is 485. The lowest BCUT2D eigenvalue weighted by Gasteiger charge is -2.22. The summed E-state index contributed by atoms with van der Waals surface area (Å²) in [6.07, 6.45) is 2.78. The minimum absolute atomic E-state index is 0.137. The number of nitrogens with zero attached hydrogens (tertiary/aromatic N) is 2. The molecule has 2 heterocycles. The van der Waals surface area contributed by atoms with Crippen LogP contribution in [-0.4, -0.2) is 9.97 Å². The number of hydrogen-bond acceptors (Lipinski definition) is 3. The summed E-state index contributed by atoms with van der Waals surface area (Å²) >= 11 is 1.76. The SMILES string of the molecule is CCC(C)(C)c1ncnc2c(C)csc12. The van der Waals surface area contributed by atoms with Gasteiger partial charge in [-0.25, -0.2) is 9.97 Å². The number of hydrogen-bond donors (Lipinski definition) is 0. The maximum atomic E-state index is 4.46. The third-order valence-corrected chi connectivity index (χ3v) is 4.15. The van der Waals surface area contributed by atoms with Crippen LogP contribution in [0.5, 0.6) is 0 Å². The van der Waals surface area contributed by atoms with Gasteiger partial charge in [-0.2, -0.15) is 0 Å². The molecule has 80 valence electrons. The van der Waals surface area contributed by atoms with E-state index in [1.807, 2.05) is 0 Å². The average molecular weight is 220 g/mol. The van der Waals surface area contributed by atoms with Crippen molar-refractivity contribution in [2.75, 3.05) is 0 Å². The second-order valence-electron chi connectivity index (χ2n) is 4.56. The molecule has 0 radical (unpaired) electrons. The van der Waals surface area contributed by atoms with E-state index < -0.39 is 0 Å². The van der Waals surface area contributed by atoms with Crippen molar-refractivity contribution in [3.05, 3.63) is 23.0 Å². The van der Waals surface area contributed by atoms with Crippen molar-refractivity contribution >= 4 is 21.6 Å². The van der Waals surface area contributed by atoms with Crippen LogP contribution < -0.4 is 0 Å². The molecule has 0 bridgehead atoms. The molecule has 2 aromatic heterocycles. The van der Waals surface area contributed by atoms with Gasteiger partial charge in [-0.05, 0) is 24.3 Å². The summed E-state index contributed by atoms with van der Waals surface area (Å²) in [5.74, 6) is 0. The van der Waals surface area contributed by atoms with Crippen LogP contribution >= 0.6 is 11.3 Å². The topological polar surface area (TPSA) is 25.8 Å². The second-order valence-corrected chi connectivity index (χ2v) is 5.44. The van der Waals surface area contributed by atoms with Gasteiger partial charge in [0.05, 0.1) is 15.9 Å². The molecule has 0 saturated heterocycles. The van der Waals surface area contributed by atoms with Gasteiger partial charge in [-0.1, -0.05) is 20.8 Å². The van der Waals surface area contributed by atoms with E-state index in [0.29, 0.717) is 0 Å². The zero-order chi connectivity index (χ0) is 11.1. The van der Waals surface area contributed by atoms with Crippen molar-refractivity contribution in [2.45, 2.75) is 39.5 Å². The highest BCUT2D eigenvalue weighted by molar-refractivity contribution is 7.17. The van der Waals surface area contributed by atoms with Crippen LogP contribution in [0.25, 0.3) is 10.2 Å². The van der Waals surface area contributed by atoms with Gasteiger partial charge in [0, 0.05) is 5.41 Å². The van der Waals surface area contributed by atoms with Crippen LogP contribution in [-0.2, 0) is 5.41 Å². The molecule has 0 amide bonds. The minimum atomic E-state index is 0.137. The third kappa shape index (κ3) is 1.65. The highest BCUT2D eigenvalue weighted by atomic mass is 32.1. The standard InChI is InChI=1S/C12H16N2S/c1-5-12(3,4)11-10-9(13-7-14-11)8(2)6-15-10/h6-7H,5H2,1-4H3. The Kier molecular flexibility index (Phi) is 2.51. The van der Waals surface area contributed by atoms with Gasteiger partial charge in [0.1, 0.15) is 6.33 Å². The number of aryl methyl sites for hydroxylation is 1. The molecule has 0 N–H and O–H groups in total. The van der Waals surface area contributed by atoms with Crippen molar-refractivity contribution in [1.82, 2.24) is 9.97 Å². The predicted octanol–water partition coefficient (Wildman–Crippen LogP) is 3.69. The molecule has 0 unspecified atom stereocenters. The van der Waals surface area contributed by atoms with Crippen LogP contribution in [0, 0.1) is 6.92 Å². The fraction of sp³-hybridized carbons (Fsp3) is 0.500. The monoisotopic (exact) mass is 220 g/mol. The van der Waals surface area contributed by atoms with E-state index in [0.717, 1.165) is 11.9 Å². The molecule has 2 nitrogen and oxygen atoms in total. The molecule has 0 saturated carbocycles. The zero-order valence-electron chi connectivity index (χ0n) is 9.66. The molecule has 15 heavy (non-hydrogen) atoms. The van der Waals surface area contributed by atoms with Crippen LogP contribution in [0.1, 0.15) is 38.4 Å². The van der Waals surface area contributed by atoms with Gasteiger partial charge in [0.2, 0.25) is 0 Å². The van der Waals surface area contributed by atoms with Crippen molar-refractivity contribution < 1.29 is 0 Å². The van der Waals surface area contributed by atoms with Gasteiger partial charge in [0.15, 0.2) is 0 Å². The number of rotatable bonds is 2. The largest absolute Gasteiger partial charge is 0.239 e. The molecule has 0 spiro atoms. The summed E-state index contributed by atoms with van der Waals surface area (Å²) in [6, 6.07) is 0. The second kappa shape index (κ2) is 3.56. The fourth-order valence-electron chi connectivity index (χ4n) is 1.62. The first-order chi connectivity index (χ1) is 7.06. The van der Waals surface area contributed by atoms with Gasteiger partial charge in [-0.15, -0.1) is 11.3 Å². The van der Waals surface area contributed by atoms with Gasteiger partial charge in [-0.3, -0.25) is 0 Å². The van der Waals surface area contributed by atoms with E-state index in [1.54, 1.807) is 17.7 Å². The van der Waals surface area contributed by atoms with Crippen LogP contribution in [0.4, 0.5) is 0 Å². The number of fused-ring (bicyclic) bond motifs is 1. The van der Waals surface area contributed by atoms with E-state index in [2.05, 4.69) is 43.0 Å². The molecule has 0 aliphatic heterocycles. The summed E-state index contributed by atoms with van der Waals surface area (Å²) in [4.78, 5) is 8.81. The predicted molar refractivity (Wildman–Crippen MR) is 65.5 cm³/mol. The lowest BCUT2D eigenvalue weighted by atomic mass is 9.86. The quantitative estimate of drug-likeness (QED) is 0.771. The molecule has 0 fully saturated rings. The van der Waals surface area contributed by atoms with Crippen LogP contribution in [0.15, 0.2) is 11.7 Å². The van der Waals surface area contributed by atoms with Gasteiger partial charge < -0.3 is 0 Å². The first-order valence-corrected chi connectivity index (χ1v) is 6.13. The molecule has 2 aromatic rings. The lowest BCUT2D eigenvalue weighted by Crippen LogP contribution is -2.17. The number of thiophene rings is 1. The Morgan fingerprint density at radius 3 is 2.73 bits per heavy atom. The normalized spacial score (nSPS) is 12.3. The first-order valence-electron chi connectivity index (χ1n) is 5.25. The molecule has 2 rings (SSSR count). The van der Waals surface area contributed by atoms with Gasteiger partial charge >= 0.3 is 0 Å². The van der Waals surface area contributed by atoms with E-state index in [1.165, 1.54) is 16.0 Å². The Balaban J connectivity index is 2.71. The molecular weight excluding hydrogens is 204 g/mol. The zero-order valence-corrected chi connectivity index (χ0v) is 10.5. The summed E-state index contributed by atoms with van der Waals surface area (Å²) < 4.78 is 1.25. The Morgan fingerprint density at radius 2 is 2.07 bits per heavy atom. The van der Waals surface area contributed by atoms with Gasteiger partial charge in [0.25, 0.3) is 0 Å². The smallest absolute Gasteiger partial charge is 0.116 e. The van der Waals surface area contributed by atoms with Crippen LogP contribution in [0.3, 0.4) is 0 Å². The maximum absolute atomic E-state index is 4.46. The molecule has 0 aliphatic carbocycles. The van der Waals surface area contributed by atoms with Crippen LogP contribution in [0.2, 0.25) is 0 Å². The highest BCUT2D eigenvalue weighted by Gasteiger charge is 2.23. The van der Waals surface area contributed by atoms with Crippen molar-refractivity contribution in [3.63, 3.8) is 0 Å². The highest BCUT2D eigenvalue weighted by Crippen LogP contribution is 2.34. The fourth-order valence-corrected chi connectivity index (χ4v) is 2.79. The lowest BCUT2D eigenvalue weighted by molar-refractivity contribution is 0.495. The Morgan fingerprint density at radius 1 is 1.33 bits per heavy atom. The Labute approximate surface area is 94.4 Å². The Hall–Kier alpha value is -0.960.